The molecule has 0 aliphatic heterocycles. The fourth-order valence-electron chi connectivity index (χ4n) is 4.44. The van der Waals surface area contributed by atoms with E-state index in [2.05, 4.69) is 23.5 Å². The first-order valence-corrected chi connectivity index (χ1v) is 11.3. The number of amides is 2. The summed E-state index contributed by atoms with van der Waals surface area (Å²) in [6.45, 7) is 0. The molecule has 34 heavy (non-hydrogen) atoms. The number of rotatable bonds is 6. The minimum absolute atomic E-state index is 0.311. The predicted molar refractivity (Wildman–Crippen MR) is 137 cm³/mol. The molecular formula is C30H24N2O2. The van der Waals surface area contributed by atoms with Crippen molar-refractivity contribution in [2.45, 2.75) is 12.5 Å². The molecule has 0 aliphatic rings. The van der Waals surface area contributed by atoms with Crippen LogP contribution in [-0.2, 0) is 11.2 Å². The molecule has 3 N–H and O–H groups in total. The molecule has 166 valence electrons. The van der Waals surface area contributed by atoms with Gasteiger partial charge < -0.3 is 11.1 Å². The number of hydrogen-bond donors (Lipinski definition) is 2. The minimum atomic E-state index is -0.837. The first kappa shape index (κ1) is 21.4. The van der Waals surface area contributed by atoms with Gasteiger partial charge in [-0.2, -0.15) is 0 Å². The molecule has 0 aliphatic carbocycles. The lowest BCUT2D eigenvalue weighted by atomic mass is 9.92. The summed E-state index contributed by atoms with van der Waals surface area (Å²) in [4.78, 5) is 25.4. The largest absolute Gasteiger partial charge is 0.368 e. The molecular weight excluding hydrogens is 420 g/mol. The van der Waals surface area contributed by atoms with Crippen molar-refractivity contribution < 1.29 is 9.59 Å². The first-order valence-electron chi connectivity index (χ1n) is 11.3. The van der Waals surface area contributed by atoms with Crippen LogP contribution in [0.2, 0.25) is 0 Å². The van der Waals surface area contributed by atoms with Gasteiger partial charge in [0, 0.05) is 12.0 Å². The van der Waals surface area contributed by atoms with Crippen molar-refractivity contribution in [3.8, 4) is 11.1 Å². The molecule has 5 aromatic rings. The van der Waals surface area contributed by atoms with E-state index in [-0.39, 0.29) is 5.91 Å². The van der Waals surface area contributed by atoms with E-state index in [9.17, 15) is 9.59 Å². The number of benzene rings is 5. The molecule has 4 nitrogen and oxygen atoms in total. The van der Waals surface area contributed by atoms with Gasteiger partial charge in [-0.3, -0.25) is 9.59 Å². The van der Waals surface area contributed by atoms with Crippen LogP contribution in [-0.4, -0.2) is 17.9 Å². The topological polar surface area (TPSA) is 72.2 Å². The second kappa shape index (κ2) is 9.20. The predicted octanol–water partition coefficient (Wildman–Crippen LogP) is 5.49. The van der Waals surface area contributed by atoms with E-state index in [1.54, 1.807) is 12.1 Å². The van der Waals surface area contributed by atoms with Crippen LogP contribution >= 0.6 is 0 Å². The lowest BCUT2D eigenvalue weighted by Gasteiger charge is -2.19. The Hall–Kier alpha value is -4.44. The molecule has 0 saturated heterocycles. The Bertz CT molecular complexity index is 1440. The number of primary amides is 1. The van der Waals surface area contributed by atoms with E-state index in [0.717, 1.165) is 38.2 Å². The summed E-state index contributed by atoms with van der Waals surface area (Å²) in [5.74, 6) is -0.890. The number of fused-ring (bicyclic) bond motifs is 2. The molecule has 0 spiro atoms. The third-order valence-corrected chi connectivity index (χ3v) is 6.19. The minimum Gasteiger partial charge on any atom is -0.368 e. The van der Waals surface area contributed by atoms with E-state index in [4.69, 9.17) is 5.73 Å². The van der Waals surface area contributed by atoms with Gasteiger partial charge in [-0.25, -0.2) is 0 Å². The van der Waals surface area contributed by atoms with E-state index in [1.165, 1.54) is 0 Å². The highest BCUT2D eigenvalue weighted by Gasteiger charge is 2.22. The quantitative estimate of drug-likeness (QED) is 0.340. The zero-order valence-corrected chi connectivity index (χ0v) is 18.6. The Morgan fingerprint density at radius 3 is 1.79 bits per heavy atom. The molecule has 0 saturated carbocycles. The maximum Gasteiger partial charge on any atom is 0.251 e. The molecule has 0 bridgehead atoms. The van der Waals surface area contributed by atoms with Crippen molar-refractivity contribution in [1.29, 1.82) is 0 Å². The summed E-state index contributed by atoms with van der Waals surface area (Å²) < 4.78 is 0. The number of nitrogens with two attached hydrogens (primary N) is 1. The van der Waals surface area contributed by atoms with Crippen LogP contribution in [0.4, 0.5) is 0 Å². The molecule has 0 heterocycles. The van der Waals surface area contributed by atoms with Gasteiger partial charge in [-0.1, -0.05) is 91.0 Å². The second-order valence-corrected chi connectivity index (χ2v) is 8.37. The van der Waals surface area contributed by atoms with Gasteiger partial charge in [0.1, 0.15) is 6.04 Å². The van der Waals surface area contributed by atoms with Crippen LogP contribution in [0.15, 0.2) is 109 Å². The van der Waals surface area contributed by atoms with Crippen LogP contribution < -0.4 is 11.1 Å². The smallest absolute Gasteiger partial charge is 0.251 e. The van der Waals surface area contributed by atoms with Gasteiger partial charge in [0.25, 0.3) is 5.91 Å². The zero-order chi connectivity index (χ0) is 23.5. The molecule has 0 aromatic heterocycles. The molecule has 5 rings (SSSR count). The molecule has 4 heteroatoms. The lowest BCUT2D eigenvalue weighted by molar-refractivity contribution is -0.119. The molecule has 1 atom stereocenters. The molecule has 0 fully saturated rings. The summed E-state index contributed by atoms with van der Waals surface area (Å²) >= 11 is 0. The zero-order valence-electron chi connectivity index (χ0n) is 18.6. The third kappa shape index (κ3) is 4.26. The summed E-state index contributed by atoms with van der Waals surface area (Å²) in [6, 6.07) is 34.7. The van der Waals surface area contributed by atoms with Gasteiger partial charge in [-0.05, 0) is 56.4 Å². The Morgan fingerprint density at radius 1 is 0.676 bits per heavy atom. The van der Waals surface area contributed by atoms with Gasteiger partial charge in [-0.15, -0.1) is 0 Å². The van der Waals surface area contributed by atoms with E-state index >= 15 is 0 Å². The third-order valence-electron chi connectivity index (χ3n) is 6.19. The van der Waals surface area contributed by atoms with Crippen molar-refractivity contribution in [2.24, 2.45) is 5.73 Å². The highest BCUT2D eigenvalue weighted by molar-refractivity contribution is 6.03. The Morgan fingerprint density at radius 2 is 1.21 bits per heavy atom. The molecule has 0 unspecified atom stereocenters. The van der Waals surface area contributed by atoms with E-state index in [0.29, 0.717) is 12.0 Å². The van der Waals surface area contributed by atoms with Crippen molar-refractivity contribution in [3.63, 3.8) is 0 Å². The first-order chi connectivity index (χ1) is 16.6. The number of carbonyl (C=O) groups is 2. The van der Waals surface area contributed by atoms with Crippen molar-refractivity contribution in [3.05, 3.63) is 120 Å². The Balaban J connectivity index is 1.44. The lowest BCUT2D eigenvalue weighted by Crippen LogP contribution is -2.45. The number of hydrogen-bond acceptors (Lipinski definition) is 2. The van der Waals surface area contributed by atoms with Crippen molar-refractivity contribution >= 4 is 33.4 Å². The fourth-order valence-corrected chi connectivity index (χ4v) is 4.44. The average molecular weight is 445 g/mol. The summed E-state index contributed by atoms with van der Waals surface area (Å²) in [6.07, 6.45) is 0.311. The van der Waals surface area contributed by atoms with Crippen LogP contribution in [0.25, 0.3) is 32.7 Å². The van der Waals surface area contributed by atoms with Crippen molar-refractivity contribution in [1.82, 2.24) is 5.32 Å². The summed E-state index contributed by atoms with van der Waals surface area (Å²) in [5.41, 5.74) is 9.32. The fraction of sp³-hybridized carbons (Fsp3) is 0.0667. The van der Waals surface area contributed by atoms with E-state index < -0.39 is 11.9 Å². The Kier molecular flexibility index (Phi) is 5.79. The molecule has 0 radical (unpaired) electrons. The summed E-state index contributed by atoms with van der Waals surface area (Å²) in [7, 11) is 0. The van der Waals surface area contributed by atoms with Crippen LogP contribution in [0.5, 0.6) is 0 Å². The van der Waals surface area contributed by atoms with E-state index in [1.807, 2.05) is 78.9 Å². The maximum atomic E-state index is 13.0. The SMILES string of the molecule is NC(=O)[C@@H](Cc1c2ccccc2cc2ccccc12)NC(=O)c1ccc(-c2ccccc2)cc1. The van der Waals surface area contributed by atoms with Crippen molar-refractivity contribution in [2.75, 3.05) is 0 Å². The highest BCUT2D eigenvalue weighted by atomic mass is 16.2. The van der Waals surface area contributed by atoms with Crippen LogP contribution in [0, 0.1) is 0 Å². The molecule has 2 amide bonds. The van der Waals surface area contributed by atoms with Crippen LogP contribution in [0.1, 0.15) is 15.9 Å². The van der Waals surface area contributed by atoms with Crippen LogP contribution in [0.3, 0.4) is 0 Å². The molecule has 5 aromatic carbocycles. The number of carbonyl (C=O) groups excluding carboxylic acids is 2. The normalized spacial score (nSPS) is 11.9. The monoisotopic (exact) mass is 444 g/mol. The summed E-state index contributed by atoms with van der Waals surface area (Å²) in [5, 5.41) is 7.13. The van der Waals surface area contributed by atoms with Gasteiger partial charge in [0.2, 0.25) is 5.91 Å². The second-order valence-electron chi connectivity index (χ2n) is 8.37. The van der Waals surface area contributed by atoms with Gasteiger partial charge >= 0.3 is 0 Å². The Labute approximate surface area is 198 Å². The average Bonchev–Trinajstić information content (AvgIpc) is 2.88. The highest BCUT2D eigenvalue weighted by Crippen LogP contribution is 2.29. The van der Waals surface area contributed by atoms with Gasteiger partial charge in [0.15, 0.2) is 0 Å². The standard InChI is InChI=1S/C30H24N2O2/c31-29(33)28(32-30(34)22-16-14-21(15-17-22)20-8-2-1-3-9-20)19-27-25-12-6-4-10-23(25)18-24-11-5-7-13-26(24)27/h1-18,28H,19H2,(H2,31,33)(H,32,34)/t28-/m1/s1. The maximum absolute atomic E-state index is 13.0. The van der Waals surface area contributed by atoms with Gasteiger partial charge in [0.05, 0.1) is 0 Å². The number of nitrogens with one attached hydrogen (secondary N) is 1.